The lowest BCUT2D eigenvalue weighted by atomic mass is 10.0. The Kier molecular flexibility index (Phi) is 3.80. The van der Waals surface area contributed by atoms with E-state index >= 15 is 0 Å². The molecule has 3 heteroatoms. The Morgan fingerprint density at radius 3 is 2.24 bits per heavy atom. The van der Waals surface area contributed by atoms with Gasteiger partial charge in [-0.15, -0.1) is 0 Å². The minimum atomic E-state index is 0.665. The summed E-state index contributed by atoms with van der Waals surface area (Å²) < 4.78 is 5.96. The molecule has 2 N–H and O–H groups in total. The largest absolute Gasteiger partial charge is 0.457 e. The van der Waals surface area contributed by atoms with Crippen molar-refractivity contribution in [3.8, 4) is 22.6 Å². The molecule has 0 heterocycles. The standard InChI is InChI=1S/C18H14ClNO/c19-14-6-9-16(10-7-14)21-18-12-15(20)8-11-17(18)13-4-2-1-3-5-13/h1-12H,20H2. The average molecular weight is 296 g/mol. The Bertz CT molecular complexity index is 739. The quantitative estimate of drug-likeness (QED) is 0.658. The molecule has 2 nitrogen and oxygen atoms in total. The van der Waals surface area contributed by atoms with Gasteiger partial charge in [-0.05, 0) is 42.0 Å². The van der Waals surface area contributed by atoms with Crippen LogP contribution in [-0.4, -0.2) is 0 Å². The molecule has 0 bridgehead atoms. The normalized spacial score (nSPS) is 10.3. The molecule has 3 aromatic rings. The minimum Gasteiger partial charge on any atom is -0.457 e. The lowest BCUT2D eigenvalue weighted by Gasteiger charge is -2.12. The van der Waals surface area contributed by atoms with E-state index in [0.717, 1.165) is 22.6 Å². The van der Waals surface area contributed by atoms with E-state index in [1.165, 1.54) is 0 Å². The van der Waals surface area contributed by atoms with Crippen molar-refractivity contribution in [3.05, 3.63) is 77.8 Å². The molecule has 21 heavy (non-hydrogen) atoms. The fourth-order valence-corrected chi connectivity index (χ4v) is 2.24. The second kappa shape index (κ2) is 5.90. The molecule has 104 valence electrons. The first-order chi connectivity index (χ1) is 10.2. The van der Waals surface area contributed by atoms with Gasteiger partial charge in [0, 0.05) is 22.3 Å². The van der Waals surface area contributed by atoms with Crippen LogP contribution in [0.4, 0.5) is 5.69 Å². The summed E-state index contributed by atoms with van der Waals surface area (Å²) in [7, 11) is 0. The summed E-state index contributed by atoms with van der Waals surface area (Å²) in [4.78, 5) is 0. The molecule has 0 unspecified atom stereocenters. The number of hydrogen-bond donors (Lipinski definition) is 1. The molecule has 0 fully saturated rings. The number of nitrogen functional groups attached to an aromatic ring is 1. The molecule has 0 saturated heterocycles. The zero-order valence-corrected chi connectivity index (χ0v) is 12.0. The Hall–Kier alpha value is -2.45. The number of nitrogens with two attached hydrogens (primary N) is 1. The maximum absolute atomic E-state index is 5.96. The summed E-state index contributed by atoms with van der Waals surface area (Å²) in [6, 6.07) is 23.0. The van der Waals surface area contributed by atoms with Gasteiger partial charge in [0.25, 0.3) is 0 Å². The molecule has 3 aromatic carbocycles. The molecule has 0 aliphatic rings. The van der Waals surface area contributed by atoms with Crippen molar-refractivity contribution in [1.29, 1.82) is 0 Å². The molecule has 0 saturated carbocycles. The lowest BCUT2D eigenvalue weighted by molar-refractivity contribution is 0.485. The highest BCUT2D eigenvalue weighted by molar-refractivity contribution is 6.30. The van der Waals surface area contributed by atoms with Gasteiger partial charge < -0.3 is 10.5 Å². The smallest absolute Gasteiger partial charge is 0.137 e. The third-order valence-corrected chi connectivity index (χ3v) is 3.38. The van der Waals surface area contributed by atoms with Crippen LogP contribution in [0, 0.1) is 0 Å². The fourth-order valence-electron chi connectivity index (χ4n) is 2.11. The average Bonchev–Trinajstić information content (AvgIpc) is 2.51. The van der Waals surface area contributed by atoms with Crippen molar-refractivity contribution < 1.29 is 4.74 Å². The number of anilines is 1. The maximum atomic E-state index is 5.96. The van der Waals surface area contributed by atoms with Gasteiger partial charge >= 0.3 is 0 Å². The van der Waals surface area contributed by atoms with Gasteiger partial charge in [0.1, 0.15) is 11.5 Å². The van der Waals surface area contributed by atoms with Crippen molar-refractivity contribution >= 4 is 17.3 Å². The number of benzene rings is 3. The Labute approximate surface area is 128 Å². The first kappa shape index (κ1) is 13.5. The van der Waals surface area contributed by atoms with Crippen LogP contribution < -0.4 is 10.5 Å². The summed E-state index contributed by atoms with van der Waals surface area (Å²) in [5, 5.41) is 0.679. The van der Waals surface area contributed by atoms with E-state index in [4.69, 9.17) is 22.1 Å². The van der Waals surface area contributed by atoms with Gasteiger partial charge in [0.2, 0.25) is 0 Å². The van der Waals surface area contributed by atoms with Crippen molar-refractivity contribution in [3.63, 3.8) is 0 Å². The summed E-state index contributed by atoms with van der Waals surface area (Å²) in [6.45, 7) is 0. The van der Waals surface area contributed by atoms with E-state index in [2.05, 4.69) is 0 Å². The summed E-state index contributed by atoms with van der Waals surface area (Å²) >= 11 is 5.89. The van der Waals surface area contributed by atoms with Crippen LogP contribution in [0.3, 0.4) is 0 Å². The van der Waals surface area contributed by atoms with Gasteiger partial charge in [0.15, 0.2) is 0 Å². The monoisotopic (exact) mass is 295 g/mol. The van der Waals surface area contributed by atoms with E-state index in [-0.39, 0.29) is 0 Å². The Morgan fingerprint density at radius 1 is 0.810 bits per heavy atom. The molecule has 0 amide bonds. The summed E-state index contributed by atoms with van der Waals surface area (Å²) in [5.41, 5.74) is 8.63. The van der Waals surface area contributed by atoms with Gasteiger partial charge in [0.05, 0.1) is 0 Å². The SMILES string of the molecule is Nc1ccc(-c2ccccc2)c(Oc2ccc(Cl)cc2)c1. The van der Waals surface area contributed by atoms with E-state index in [0.29, 0.717) is 10.7 Å². The molecule has 0 aliphatic heterocycles. The molecule has 0 atom stereocenters. The molecule has 0 aliphatic carbocycles. The lowest BCUT2D eigenvalue weighted by Crippen LogP contribution is -1.91. The fraction of sp³-hybridized carbons (Fsp3) is 0. The number of ether oxygens (including phenoxy) is 1. The highest BCUT2D eigenvalue weighted by Gasteiger charge is 2.08. The second-order valence-corrected chi connectivity index (χ2v) is 5.11. The van der Waals surface area contributed by atoms with Crippen LogP contribution >= 0.6 is 11.6 Å². The Morgan fingerprint density at radius 2 is 1.52 bits per heavy atom. The molecular weight excluding hydrogens is 282 g/mol. The van der Waals surface area contributed by atoms with Gasteiger partial charge in [-0.3, -0.25) is 0 Å². The van der Waals surface area contributed by atoms with E-state index < -0.39 is 0 Å². The van der Waals surface area contributed by atoms with E-state index in [1.807, 2.05) is 60.7 Å². The first-order valence-electron chi connectivity index (χ1n) is 6.61. The predicted octanol–water partition coefficient (Wildman–Crippen LogP) is 5.38. The van der Waals surface area contributed by atoms with Crippen LogP contribution in [-0.2, 0) is 0 Å². The van der Waals surface area contributed by atoms with E-state index in [9.17, 15) is 0 Å². The highest BCUT2D eigenvalue weighted by atomic mass is 35.5. The Balaban J connectivity index is 2.01. The minimum absolute atomic E-state index is 0.665. The zero-order valence-electron chi connectivity index (χ0n) is 11.3. The van der Waals surface area contributed by atoms with Crippen molar-refractivity contribution in [1.82, 2.24) is 0 Å². The third-order valence-electron chi connectivity index (χ3n) is 3.13. The van der Waals surface area contributed by atoms with Crippen molar-refractivity contribution in [2.24, 2.45) is 0 Å². The first-order valence-corrected chi connectivity index (χ1v) is 6.98. The molecule has 0 radical (unpaired) electrons. The zero-order chi connectivity index (χ0) is 14.7. The number of rotatable bonds is 3. The third kappa shape index (κ3) is 3.18. The molecule has 3 rings (SSSR count). The number of hydrogen-bond acceptors (Lipinski definition) is 2. The van der Waals surface area contributed by atoms with Crippen LogP contribution in [0.25, 0.3) is 11.1 Å². The predicted molar refractivity (Wildman–Crippen MR) is 87.8 cm³/mol. The highest BCUT2D eigenvalue weighted by Crippen LogP contribution is 2.35. The van der Waals surface area contributed by atoms with E-state index in [1.54, 1.807) is 12.1 Å². The van der Waals surface area contributed by atoms with Gasteiger partial charge in [-0.25, -0.2) is 0 Å². The van der Waals surface area contributed by atoms with Crippen LogP contribution in [0.15, 0.2) is 72.8 Å². The van der Waals surface area contributed by atoms with Crippen LogP contribution in [0.5, 0.6) is 11.5 Å². The molecular formula is C18H14ClNO. The summed E-state index contributed by atoms with van der Waals surface area (Å²) in [6.07, 6.45) is 0. The number of halogens is 1. The molecule has 0 spiro atoms. The summed E-state index contributed by atoms with van der Waals surface area (Å²) in [5.74, 6) is 1.45. The van der Waals surface area contributed by atoms with Crippen molar-refractivity contribution in [2.75, 3.05) is 5.73 Å². The van der Waals surface area contributed by atoms with Gasteiger partial charge in [-0.2, -0.15) is 0 Å². The second-order valence-electron chi connectivity index (χ2n) is 4.68. The van der Waals surface area contributed by atoms with Crippen LogP contribution in [0.2, 0.25) is 5.02 Å². The molecule has 0 aromatic heterocycles. The van der Waals surface area contributed by atoms with Crippen molar-refractivity contribution in [2.45, 2.75) is 0 Å². The van der Waals surface area contributed by atoms with Gasteiger partial charge in [-0.1, -0.05) is 41.9 Å². The van der Waals surface area contributed by atoms with Crippen LogP contribution in [0.1, 0.15) is 0 Å². The topological polar surface area (TPSA) is 35.2 Å². The maximum Gasteiger partial charge on any atom is 0.137 e.